The lowest BCUT2D eigenvalue weighted by atomic mass is 9.91. The number of amides is 1. The Morgan fingerprint density at radius 2 is 2.30 bits per heavy atom. The normalized spacial score (nSPS) is 16.8. The Morgan fingerprint density at radius 1 is 1.43 bits per heavy atom. The molecule has 1 N–H and O–H groups in total. The van der Waals surface area contributed by atoms with Crippen LogP contribution in [0.25, 0.3) is 0 Å². The third-order valence-corrected chi connectivity index (χ3v) is 4.91. The highest BCUT2D eigenvalue weighted by Crippen LogP contribution is 2.21. The third-order valence-electron chi connectivity index (χ3n) is 4.22. The second-order valence-corrected chi connectivity index (χ2v) is 6.49. The summed E-state index contributed by atoms with van der Waals surface area (Å²) in [5, 5.41) is 6.85. The van der Waals surface area contributed by atoms with Gasteiger partial charge in [-0.05, 0) is 36.3 Å². The van der Waals surface area contributed by atoms with E-state index in [2.05, 4.69) is 5.32 Å². The second-order valence-electron chi connectivity index (χ2n) is 5.71. The Balaban J connectivity index is 1.74. The maximum atomic E-state index is 12.2. The number of carbonyl (C=O) groups is 1. The van der Waals surface area contributed by atoms with Gasteiger partial charge < -0.3 is 14.6 Å². The molecule has 1 amide bonds. The molecule has 2 aromatic rings. The van der Waals surface area contributed by atoms with Crippen molar-refractivity contribution in [3.63, 3.8) is 0 Å². The minimum Gasteiger partial charge on any atom is -0.383 e. The fraction of sp³-hybridized carbons (Fsp3) is 0.412. The molecule has 2 heterocycles. The van der Waals surface area contributed by atoms with E-state index >= 15 is 0 Å². The van der Waals surface area contributed by atoms with E-state index in [1.165, 1.54) is 11.3 Å². The number of fused-ring (bicyclic) bond motifs is 1. The van der Waals surface area contributed by atoms with Crippen LogP contribution in [-0.2, 0) is 24.1 Å². The van der Waals surface area contributed by atoms with Gasteiger partial charge in [0.2, 0.25) is 0 Å². The van der Waals surface area contributed by atoms with Crippen LogP contribution < -0.4 is 10.9 Å². The summed E-state index contributed by atoms with van der Waals surface area (Å²) in [6, 6.07) is 5.45. The lowest BCUT2D eigenvalue weighted by Gasteiger charge is -2.27. The largest absolute Gasteiger partial charge is 0.383 e. The molecule has 122 valence electrons. The van der Waals surface area contributed by atoms with Gasteiger partial charge in [0.25, 0.3) is 11.5 Å². The molecule has 2 aromatic heterocycles. The van der Waals surface area contributed by atoms with E-state index in [-0.39, 0.29) is 17.5 Å². The highest BCUT2D eigenvalue weighted by molar-refractivity contribution is 7.08. The molecule has 0 aliphatic heterocycles. The van der Waals surface area contributed by atoms with Crippen LogP contribution in [0, 0.1) is 0 Å². The van der Waals surface area contributed by atoms with Crippen molar-refractivity contribution in [2.24, 2.45) is 0 Å². The lowest BCUT2D eigenvalue weighted by molar-refractivity contribution is 0.0933. The fourth-order valence-corrected chi connectivity index (χ4v) is 3.67. The Labute approximate surface area is 138 Å². The monoisotopic (exact) mass is 332 g/mol. The molecule has 23 heavy (non-hydrogen) atoms. The number of nitrogens with one attached hydrogen (secondary N) is 1. The quantitative estimate of drug-likeness (QED) is 0.909. The standard InChI is InChI=1S/C17H20N2O3S/c1-22-8-7-19-15-4-3-14(10-12(15)2-5-16(19)20)18-17(21)13-6-9-23-11-13/h2,5-6,9,11,14H,3-4,7-8,10H2,1H3,(H,18,21)/t14-/m0/s1. The number of hydrogen-bond donors (Lipinski definition) is 1. The lowest BCUT2D eigenvalue weighted by Crippen LogP contribution is -2.40. The number of ether oxygens (including phenoxy) is 1. The third kappa shape index (κ3) is 3.54. The van der Waals surface area contributed by atoms with Crippen LogP contribution in [0.15, 0.2) is 33.8 Å². The number of nitrogens with zero attached hydrogens (tertiary/aromatic N) is 1. The van der Waals surface area contributed by atoms with Gasteiger partial charge in [-0.15, -0.1) is 0 Å². The topological polar surface area (TPSA) is 60.3 Å². The fourth-order valence-electron chi connectivity index (χ4n) is 3.04. The summed E-state index contributed by atoms with van der Waals surface area (Å²) in [5.41, 5.74) is 2.95. The zero-order valence-electron chi connectivity index (χ0n) is 13.1. The number of thiophene rings is 1. The van der Waals surface area contributed by atoms with Crippen LogP contribution in [-0.4, -0.2) is 30.2 Å². The number of pyridine rings is 1. The van der Waals surface area contributed by atoms with Gasteiger partial charge in [-0.3, -0.25) is 9.59 Å². The van der Waals surface area contributed by atoms with E-state index in [4.69, 9.17) is 4.74 Å². The van der Waals surface area contributed by atoms with E-state index in [9.17, 15) is 9.59 Å². The molecule has 0 saturated carbocycles. The van der Waals surface area contributed by atoms with Gasteiger partial charge in [-0.1, -0.05) is 6.07 Å². The van der Waals surface area contributed by atoms with Crippen molar-refractivity contribution in [1.82, 2.24) is 9.88 Å². The van der Waals surface area contributed by atoms with Gasteiger partial charge in [0.1, 0.15) is 0 Å². The van der Waals surface area contributed by atoms with Gasteiger partial charge in [0, 0.05) is 42.4 Å². The van der Waals surface area contributed by atoms with Gasteiger partial charge >= 0.3 is 0 Å². The number of hydrogen-bond acceptors (Lipinski definition) is 4. The molecule has 1 aliphatic carbocycles. The van der Waals surface area contributed by atoms with Crippen molar-refractivity contribution in [2.45, 2.75) is 31.8 Å². The summed E-state index contributed by atoms with van der Waals surface area (Å²) in [6.07, 6.45) is 2.40. The van der Waals surface area contributed by atoms with Crippen molar-refractivity contribution in [2.75, 3.05) is 13.7 Å². The van der Waals surface area contributed by atoms with Crippen molar-refractivity contribution >= 4 is 17.2 Å². The van der Waals surface area contributed by atoms with Crippen LogP contribution in [0.1, 0.15) is 28.0 Å². The number of methoxy groups -OCH3 is 1. The SMILES string of the molecule is COCCn1c2c(ccc1=O)C[C@@H](NC(=O)c1ccsc1)CC2. The highest BCUT2D eigenvalue weighted by atomic mass is 32.1. The minimum absolute atomic E-state index is 0.0153. The predicted octanol–water partition coefficient (Wildman–Crippen LogP) is 1.84. The van der Waals surface area contributed by atoms with Gasteiger partial charge in [-0.25, -0.2) is 0 Å². The van der Waals surface area contributed by atoms with E-state index in [0.717, 1.165) is 30.5 Å². The summed E-state index contributed by atoms with van der Waals surface area (Å²) < 4.78 is 6.89. The van der Waals surface area contributed by atoms with Crippen molar-refractivity contribution < 1.29 is 9.53 Å². The Morgan fingerprint density at radius 3 is 3.04 bits per heavy atom. The summed E-state index contributed by atoms with van der Waals surface area (Å²) >= 11 is 1.52. The zero-order chi connectivity index (χ0) is 16.2. The molecule has 0 bridgehead atoms. The number of aromatic nitrogens is 1. The molecule has 5 nitrogen and oxygen atoms in total. The van der Waals surface area contributed by atoms with Gasteiger partial charge in [-0.2, -0.15) is 11.3 Å². The van der Waals surface area contributed by atoms with E-state index in [0.29, 0.717) is 18.7 Å². The second kappa shape index (κ2) is 7.10. The molecular formula is C17H20N2O3S. The van der Waals surface area contributed by atoms with Crippen LogP contribution in [0.5, 0.6) is 0 Å². The van der Waals surface area contributed by atoms with Crippen LogP contribution in [0.3, 0.4) is 0 Å². The Hall–Kier alpha value is -1.92. The van der Waals surface area contributed by atoms with Crippen molar-refractivity contribution in [3.05, 3.63) is 56.1 Å². The Kier molecular flexibility index (Phi) is 4.93. The molecule has 0 spiro atoms. The van der Waals surface area contributed by atoms with Crippen LogP contribution in [0.4, 0.5) is 0 Å². The first kappa shape index (κ1) is 16.0. The smallest absolute Gasteiger partial charge is 0.252 e. The van der Waals surface area contributed by atoms with E-state index in [1.807, 2.05) is 22.9 Å². The summed E-state index contributed by atoms with van der Waals surface area (Å²) in [5.74, 6) is -0.0209. The summed E-state index contributed by atoms with van der Waals surface area (Å²) in [6.45, 7) is 1.10. The van der Waals surface area contributed by atoms with E-state index in [1.54, 1.807) is 17.7 Å². The predicted molar refractivity (Wildman–Crippen MR) is 90.2 cm³/mol. The van der Waals surface area contributed by atoms with Crippen molar-refractivity contribution in [3.8, 4) is 0 Å². The summed E-state index contributed by atoms with van der Waals surface area (Å²) in [4.78, 5) is 24.2. The molecule has 3 rings (SSSR count). The zero-order valence-corrected chi connectivity index (χ0v) is 13.9. The first-order valence-corrected chi connectivity index (χ1v) is 8.67. The maximum absolute atomic E-state index is 12.2. The molecule has 0 fully saturated rings. The number of carbonyl (C=O) groups excluding carboxylic acids is 1. The highest BCUT2D eigenvalue weighted by Gasteiger charge is 2.23. The molecule has 0 unspecified atom stereocenters. The molecular weight excluding hydrogens is 312 g/mol. The van der Waals surface area contributed by atoms with Gasteiger partial charge in [0.15, 0.2) is 0 Å². The number of rotatable bonds is 5. The summed E-state index contributed by atoms with van der Waals surface area (Å²) in [7, 11) is 1.64. The molecule has 0 aromatic carbocycles. The molecule has 1 atom stereocenters. The Bertz CT molecular complexity index is 737. The molecule has 0 saturated heterocycles. The minimum atomic E-state index is -0.0209. The first-order chi connectivity index (χ1) is 11.2. The average molecular weight is 332 g/mol. The molecule has 1 aliphatic rings. The van der Waals surface area contributed by atoms with E-state index < -0.39 is 0 Å². The first-order valence-electron chi connectivity index (χ1n) is 7.72. The maximum Gasteiger partial charge on any atom is 0.252 e. The average Bonchev–Trinajstić information content (AvgIpc) is 3.09. The van der Waals surface area contributed by atoms with Crippen LogP contribution in [0.2, 0.25) is 0 Å². The molecule has 6 heteroatoms. The molecule has 0 radical (unpaired) electrons. The van der Waals surface area contributed by atoms with Crippen molar-refractivity contribution in [1.29, 1.82) is 0 Å². The van der Waals surface area contributed by atoms with Crippen LogP contribution >= 0.6 is 11.3 Å². The van der Waals surface area contributed by atoms with Gasteiger partial charge in [0.05, 0.1) is 6.61 Å².